The van der Waals surface area contributed by atoms with Crippen LogP contribution in [0.1, 0.15) is 20.3 Å². The number of rotatable bonds is 3. The Morgan fingerprint density at radius 3 is 2.67 bits per heavy atom. The molecule has 0 radical (unpaired) electrons. The summed E-state index contributed by atoms with van der Waals surface area (Å²) in [5.41, 5.74) is 0. The number of hydrogen-bond donors (Lipinski definition) is 2. The van der Waals surface area contributed by atoms with Crippen LogP contribution in [0.2, 0.25) is 0 Å². The van der Waals surface area contributed by atoms with E-state index in [0.717, 1.165) is 0 Å². The second-order valence-electron chi connectivity index (χ2n) is 3.45. The predicted octanol–water partition coefficient (Wildman–Crippen LogP) is -0.119. The Labute approximate surface area is 72.1 Å². The monoisotopic (exact) mass is 176 g/mol. The topological polar surface area (TPSA) is 58.9 Å². The van der Waals surface area contributed by atoms with Crippen molar-refractivity contribution >= 4 is 0 Å². The zero-order valence-corrected chi connectivity index (χ0v) is 7.49. The van der Waals surface area contributed by atoms with Crippen molar-refractivity contribution in [1.29, 1.82) is 0 Å². The van der Waals surface area contributed by atoms with Gasteiger partial charge in [-0.15, -0.1) is 0 Å². The van der Waals surface area contributed by atoms with E-state index in [1.54, 1.807) is 13.8 Å². The molecule has 1 fully saturated rings. The maximum atomic E-state index is 9.42. The van der Waals surface area contributed by atoms with E-state index in [2.05, 4.69) is 0 Å². The second kappa shape index (κ2) is 3.70. The molecule has 2 unspecified atom stereocenters. The van der Waals surface area contributed by atoms with Gasteiger partial charge in [0.15, 0.2) is 5.79 Å². The molecule has 0 saturated carbocycles. The lowest BCUT2D eigenvalue weighted by Gasteiger charge is -2.19. The van der Waals surface area contributed by atoms with Crippen LogP contribution in [0.25, 0.3) is 0 Å². The summed E-state index contributed by atoms with van der Waals surface area (Å²) in [5, 5.41) is 18.0. The lowest BCUT2D eigenvalue weighted by molar-refractivity contribution is -0.151. The first-order valence-electron chi connectivity index (χ1n) is 4.16. The van der Waals surface area contributed by atoms with Crippen molar-refractivity contribution in [1.82, 2.24) is 0 Å². The van der Waals surface area contributed by atoms with Crippen molar-refractivity contribution in [3.63, 3.8) is 0 Å². The molecule has 72 valence electrons. The fourth-order valence-electron chi connectivity index (χ4n) is 1.22. The van der Waals surface area contributed by atoms with Crippen LogP contribution < -0.4 is 0 Å². The van der Waals surface area contributed by atoms with E-state index >= 15 is 0 Å². The molecule has 2 N–H and O–H groups in total. The minimum atomic E-state index is -0.628. The molecule has 4 heteroatoms. The summed E-state index contributed by atoms with van der Waals surface area (Å²) in [7, 11) is 0. The summed E-state index contributed by atoms with van der Waals surface area (Å²) >= 11 is 0. The maximum absolute atomic E-state index is 9.42. The highest BCUT2D eigenvalue weighted by molar-refractivity contribution is 4.77. The van der Waals surface area contributed by atoms with Crippen molar-refractivity contribution in [3.8, 4) is 0 Å². The molecule has 0 spiro atoms. The molecule has 0 amide bonds. The molecule has 1 heterocycles. The summed E-state index contributed by atoms with van der Waals surface area (Å²) in [6, 6.07) is 0. The lowest BCUT2D eigenvalue weighted by atomic mass is 10.1. The van der Waals surface area contributed by atoms with Crippen LogP contribution in [0.4, 0.5) is 0 Å². The summed E-state index contributed by atoms with van der Waals surface area (Å²) < 4.78 is 10.6. The van der Waals surface area contributed by atoms with Crippen molar-refractivity contribution in [2.24, 2.45) is 0 Å². The number of aliphatic hydroxyl groups excluding tert-OH is 2. The highest BCUT2D eigenvalue weighted by Gasteiger charge is 2.36. The fraction of sp³-hybridized carbons (Fsp3) is 1.00. The van der Waals surface area contributed by atoms with Gasteiger partial charge in [-0.2, -0.15) is 0 Å². The van der Waals surface area contributed by atoms with Crippen LogP contribution in [0.3, 0.4) is 0 Å². The second-order valence-corrected chi connectivity index (χ2v) is 3.45. The Hall–Kier alpha value is -0.160. The normalized spacial score (nSPS) is 30.5. The fourth-order valence-corrected chi connectivity index (χ4v) is 1.22. The molecule has 0 aromatic rings. The molecule has 2 atom stereocenters. The SMILES string of the molecule is CC1(C)OCC(C(O)CCO)O1. The molecule has 4 nitrogen and oxygen atoms in total. The van der Waals surface area contributed by atoms with E-state index in [0.29, 0.717) is 13.0 Å². The lowest BCUT2D eigenvalue weighted by Crippen LogP contribution is -2.31. The quantitative estimate of drug-likeness (QED) is 0.629. The Morgan fingerprint density at radius 1 is 1.58 bits per heavy atom. The predicted molar refractivity (Wildman–Crippen MR) is 42.6 cm³/mol. The van der Waals surface area contributed by atoms with Crippen LogP contribution in [0.15, 0.2) is 0 Å². The first-order chi connectivity index (χ1) is 5.55. The van der Waals surface area contributed by atoms with E-state index in [9.17, 15) is 5.11 Å². The minimum absolute atomic E-state index is 0.0263. The van der Waals surface area contributed by atoms with E-state index in [4.69, 9.17) is 14.6 Å². The largest absolute Gasteiger partial charge is 0.396 e. The van der Waals surface area contributed by atoms with Gasteiger partial charge in [-0.1, -0.05) is 0 Å². The van der Waals surface area contributed by atoms with Crippen LogP contribution in [-0.2, 0) is 9.47 Å². The van der Waals surface area contributed by atoms with E-state index < -0.39 is 11.9 Å². The Bertz CT molecular complexity index is 146. The Kier molecular flexibility index (Phi) is 3.06. The summed E-state index contributed by atoms with van der Waals surface area (Å²) in [4.78, 5) is 0. The van der Waals surface area contributed by atoms with Gasteiger partial charge < -0.3 is 19.7 Å². The molecule has 0 aromatic heterocycles. The first-order valence-corrected chi connectivity index (χ1v) is 4.16. The van der Waals surface area contributed by atoms with E-state index in [1.165, 1.54) is 0 Å². The summed E-state index contributed by atoms with van der Waals surface area (Å²) in [6.07, 6.45) is -0.590. The third-order valence-corrected chi connectivity index (χ3v) is 1.88. The van der Waals surface area contributed by atoms with Crippen LogP contribution in [0.5, 0.6) is 0 Å². The summed E-state index contributed by atoms with van der Waals surface area (Å²) in [6.45, 7) is 3.98. The van der Waals surface area contributed by atoms with Crippen molar-refractivity contribution in [2.45, 2.75) is 38.3 Å². The van der Waals surface area contributed by atoms with Crippen LogP contribution in [-0.4, -0.2) is 41.4 Å². The third kappa shape index (κ3) is 2.42. The molecule has 1 aliphatic rings. The van der Waals surface area contributed by atoms with Gasteiger partial charge in [0.1, 0.15) is 6.10 Å². The van der Waals surface area contributed by atoms with Gasteiger partial charge in [-0.3, -0.25) is 0 Å². The van der Waals surface area contributed by atoms with Crippen LogP contribution >= 0.6 is 0 Å². The molecular weight excluding hydrogens is 160 g/mol. The van der Waals surface area contributed by atoms with Gasteiger partial charge in [-0.05, 0) is 20.3 Å². The van der Waals surface area contributed by atoms with E-state index in [-0.39, 0.29) is 12.7 Å². The number of hydrogen-bond acceptors (Lipinski definition) is 4. The third-order valence-electron chi connectivity index (χ3n) is 1.88. The molecule has 0 bridgehead atoms. The molecule has 0 aromatic carbocycles. The molecule has 0 aliphatic carbocycles. The van der Waals surface area contributed by atoms with Gasteiger partial charge in [0.05, 0.1) is 12.7 Å². The van der Waals surface area contributed by atoms with Gasteiger partial charge in [0, 0.05) is 6.61 Å². The molecule has 1 rings (SSSR count). The number of aliphatic hydroxyl groups is 2. The molecule has 1 aliphatic heterocycles. The molecular formula is C8H16O4. The van der Waals surface area contributed by atoms with E-state index in [1.807, 2.05) is 0 Å². The van der Waals surface area contributed by atoms with Gasteiger partial charge >= 0.3 is 0 Å². The van der Waals surface area contributed by atoms with Gasteiger partial charge in [0.2, 0.25) is 0 Å². The Morgan fingerprint density at radius 2 is 2.25 bits per heavy atom. The summed E-state index contributed by atoms with van der Waals surface area (Å²) in [5.74, 6) is -0.596. The van der Waals surface area contributed by atoms with Crippen molar-refractivity contribution in [3.05, 3.63) is 0 Å². The average molecular weight is 176 g/mol. The first kappa shape index (κ1) is 9.92. The smallest absolute Gasteiger partial charge is 0.163 e. The molecule has 1 saturated heterocycles. The highest BCUT2D eigenvalue weighted by atomic mass is 16.7. The molecule has 12 heavy (non-hydrogen) atoms. The van der Waals surface area contributed by atoms with Crippen molar-refractivity contribution in [2.75, 3.05) is 13.2 Å². The van der Waals surface area contributed by atoms with Gasteiger partial charge in [0.25, 0.3) is 0 Å². The standard InChI is InChI=1S/C8H16O4/c1-8(2)11-5-7(12-8)6(10)3-4-9/h6-7,9-10H,3-5H2,1-2H3. The zero-order chi connectivity index (χ0) is 9.19. The minimum Gasteiger partial charge on any atom is -0.396 e. The van der Waals surface area contributed by atoms with Crippen LogP contribution in [0, 0.1) is 0 Å². The maximum Gasteiger partial charge on any atom is 0.163 e. The number of ether oxygens (including phenoxy) is 2. The highest BCUT2D eigenvalue weighted by Crippen LogP contribution is 2.24. The van der Waals surface area contributed by atoms with Crippen molar-refractivity contribution < 1.29 is 19.7 Å². The van der Waals surface area contributed by atoms with Gasteiger partial charge in [-0.25, -0.2) is 0 Å². The Balaban J connectivity index is 2.36. The zero-order valence-electron chi connectivity index (χ0n) is 7.49. The average Bonchev–Trinajstić information content (AvgIpc) is 2.31.